The maximum Gasteiger partial charge on any atom is 0.350 e. The first kappa shape index (κ1) is 30.8. The number of rotatable bonds is 12. The Morgan fingerprint density at radius 1 is 1.07 bits per heavy atom. The van der Waals surface area contributed by atoms with E-state index in [0.717, 1.165) is 102 Å². The number of ketones is 2. The molecule has 0 spiro atoms. The van der Waals surface area contributed by atoms with Gasteiger partial charge in [-0.3, -0.25) is 9.59 Å². The number of ether oxygens (including phenoxy) is 2. The van der Waals surface area contributed by atoms with Crippen LogP contribution in [-0.4, -0.2) is 58.8 Å². The number of nitrogens with one attached hydrogen (secondary N) is 1. The molecular formula is C33H52N2O6. The van der Waals surface area contributed by atoms with Gasteiger partial charge in [-0.15, -0.1) is 0 Å². The number of aliphatic hydroxyl groups is 1. The lowest BCUT2D eigenvalue weighted by Crippen LogP contribution is -2.59. The van der Waals surface area contributed by atoms with Gasteiger partial charge in [0.25, 0.3) is 5.60 Å². The van der Waals surface area contributed by atoms with E-state index in [1.807, 2.05) is 6.92 Å². The van der Waals surface area contributed by atoms with Crippen molar-refractivity contribution in [1.82, 2.24) is 5.32 Å². The average molecular weight is 573 g/mol. The molecule has 5 rings (SSSR count). The Kier molecular flexibility index (Phi) is 9.44. The van der Waals surface area contributed by atoms with Crippen molar-refractivity contribution in [3.8, 4) is 0 Å². The summed E-state index contributed by atoms with van der Waals surface area (Å²) in [6, 6.07) is 0. The van der Waals surface area contributed by atoms with Crippen molar-refractivity contribution in [1.29, 1.82) is 0 Å². The Labute approximate surface area is 245 Å². The molecule has 0 radical (unpaired) electrons. The van der Waals surface area contributed by atoms with E-state index < -0.39 is 34.6 Å². The fraction of sp³-hybridized carbons (Fsp3) is 0.848. The third-order valence-electron chi connectivity index (χ3n) is 11.1. The molecule has 0 bridgehead atoms. The fourth-order valence-electron chi connectivity index (χ4n) is 8.51. The van der Waals surface area contributed by atoms with Crippen molar-refractivity contribution in [2.45, 2.75) is 146 Å². The second kappa shape index (κ2) is 12.6. The number of hydrogen-bond donors (Lipinski definition) is 3. The summed E-state index contributed by atoms with van der Waals surface area (Å²) >= 11 is 0. The summed E-state index contributed by atoms with van der Waals surface area (Å²) in [5, 5.41) is 13.8. The Morgan fingerprint density at radius 2 is 1.78 bits per heavy atom. The van der Waals surface area contributed by atoms with Crippen LogP contribution in [0.3, 0.4) is 0 Å². The molecule has 2 heterocycles. The maximum absolute atomic E-state index is 14.2. The highest BCUT2D eigenvalue weighted by molar-refractivity contribution is 6.23. The van der Waals surface area contributed by atoms with Crippen molar-refractivity contribution < 1.29 is 29.0 Å². The van der Waals surface area contributed by atoms with Crippen LogP contribution in [0.1, 0.15) is 123 Å². The average Bonchev–Trinajstić information content (AvgIpc) is 3.48. The van der Waals surface area contributed by atoms with Crippen LogP contribution in [0.2, 0.25) is 0 Å². The topological polar surface area (TPSA) is 131 Å². The second-order valence-corrected chi connectivity index (χ2v) is 13.8. The highest BCUT2D eigenvalue weighted by Gasteiger charge is 2.87. The lowest BCUT2D eigenvalue weighted by molar-refractivity contribution is -0.171. The first-order chi connectivity index (χ1) is 19.7. The molecule has 230 valence electrons. The minimum absolute atomic E-state index is 0.0141. The van der Waals surface area contributed by atoms with Gasteiger partial charge in [-0.25, -0.2) is 4.79 Å². The van der Waals surface area contributed by atoms with E-state index in [9.17, 15) is 19.5 Å². The van der Waals surface area contributed by atoms with Gasteiger partial charge in [-0.1, -0.05) is 38.2 Å². The van der Waals surface area contributed by atoms with Crippen LogP contribution in [0.15, 0.2) is 11.1 Å². The second-order valence-electron chi connectivity index (χ2n) is 13.8. The number of nitrogens with two attached hydrogens (primary N) is 1. The van der Waals surface area contributed by atoms with Gasteiger partial charge in [-0.2, -0.15) is 0 Å². The monoisotopic (exact) mass is 572 g/mol. The zero-order chi connectivity index (χ0) is 29.3. The van der Waals surface area contributed by atoms with E-state index in [4.69, 9.17) is 15.2 Å². The zero-order valence-corrected chi connectivity index (χ0v) is 25.3. The number of aliphatic hydroxyl groups excluding tert-OH is 1. The molecule has 2 aliphatic heterocycles. The molecule has 8 heteroatoms. The summed E-state index contributed by atoms with van der Waals surface area (Å²) in [5.74, 6) is -1.44. The number of allylic oxidation sites excluding steroid dienone is 1. The molecule has 4 N–H and O–H groups in total. The molecule has 5 aliphatic rings. The molecule has 6 atom stereocenters. The van der Waals surface area contributed by atoms with E-state index in [1.165, 1.54) is 0 Å². The van der Waals surface area contributed by atoms with E-state index >= 15 is 0 Å². The summed E-state index contributed by atoms with van der Waals surface area (Å²) in [7, 11) is 0. The van der Waals surface area contributed by atoms with E-state index in [2.05, 4.69) is 12.2 Å². The number of piperidine rings is 1. The number of hydrogen-bond acceptors (Lipinski definition) is 8. The number of esters is 1. The SMILES string of the molecule is CCCCCC1(OC(=O)C23OC2(CC(CO)=C(C)CCC2CCNC(N)C2)C(=O)C2CCCCC2C3=O)CCCC1. The van der Waals surface area contributed by atoms with Crippen LogP contribution in [0, 0.1) is 17.8 Å². The maximum atomic E-state index is 14.2. The smallest absolute Gasteiger partial charge is 0.350 e. The number of fused-ring (bicyclic) bond motifs is 2. The highest BCUT2D eigenvalue weighted by Crippen LogP contribution is 2.62. The van der Waals surface area contributed by atoms with Gasteiger partial charge in [0.05, 0.1) is 12.8 Å². The van der Waals surface area contributed by atoms with Crippen LogP contribution in [0.5, 0.6) is 0 Å². The van der Waals surface area contributed by atoms with E-state index in [1.54, 1.807) is 0 Å². The zero-order valence-electron chi connectivity index (χ0n) is 25.3. The Bertz CT molecular complexity index is 1030. The van der Waals surface area contributed by atoms with Gasteiger partial charge in [0.15, 0.2) is 17.2 Å². The minimum atomic E-state index is -1.87. The van der Waals surface area contributed by atoms with Gasteiger partial charge in [-0.05, 0) is 102 Å². The summed E-state index contributed by atoms with van der Waals surface area (Å²) in [4.78, 5) is 42.6. The normalized spacial score (nSPS) is 36.8. The van der Waals surface area contributed by atoms with Crippen LogP contribution < -0.4 is 11.1 Å². The van der Waals surface area contributed by atoms with Gasteiger partial charge < -0.3 is 25.6 Å². The molecule has 0 aromatic heterocycles. The van der Waals surface area contributed by atoms with Crippen molar-refractivity contribution in [2.24, 2.45) is 23.5 Å². The summed E-state index contributed by atoms with van der Waals surface area (Å²) in [6.07, 6.45) is 14.3. The van der Waals surface area contributed by atoms with Crippen LogP contribution in [0.25, 0.3) is 0 Å². The highest BCUT2D eigenvalue weighted by atomic mass is 16.7. The molecule has 3 saturated carbocycles. The predicted octanol–water partition coefficient (Wildman–Crippen LogP) is 4.65. The minimum Gasteiger partial charge on any atom is -0.457 e. The molecule has 8 nitrogen and oxygen atoms in total. The van der Waals surface area contributed by atoms with Gasteiger partial charge in [0, 0.05) is 18.3 Å². The largest absolute Gasteiger partial charge is 0.457 e. The third-order valence-corrected chi connectivity index (χ3v) is 11.1. The molecule has 5 fully saturated rings. The van der Waals surface area contributed by atoms with Crippen molar-refractivity contribution in [3.05, 3.63) is 11.1 Å². The summed E-state index contributed by atoms with van der Waals surface area (Å²) < 4.78 is 12.6. The van der Waals surface area contributed by atoms with Crippen molar-refractivity contribution in [2.75, 3.05) is 13.2 Å². The van der Waals surface area contributed by atoms with Crippen molar-refractivity contribution >= 4 is 17.5 Å². The number of carbonyl (C=O) groups excluding carboxylic acids is 3. The number of Topliss-reactive ketones (excluding diaryl/α,β-unsaturated/α-hetero) is 2. The Balaban J connectivity index is 1.40. The molecule has 2 saturated heterocycles. The number of carbonyl (C=O) groups is 3. The van der Waals surface area contributed by atoms with Crippen LogP contribution >= 0.6 is 0 Å². The van der Waals surface area contributed by atoms with Gasteiger partial charge in [0.1, 0.15) is 5.60 Å². The molecular weight excluding hydrogens is 520 g/mol. The van der Waals surface area contributed by atoms with Gasteiger partial charge >= 0.3 is 5.97 Å². The first-order valence-corrected chi connectivity index (χ1v) is 16.5. The van der Waals surface area contributed by atoms with E-state index in [0.29, 0.717) is 24.3 Å². The number of unbranched alkanes of at least 4 members (excludes halogenated alkanes) is 2. The molecule has 3 aliphatic carbocycles. The van der Waals surface area contributed by atoms with Crippen LogP contribution in [0.4, 0.5) is 0 Å². The standard InChI is InChI=1S/C33H52N2O6/c1-3-4-7-15-31(16-8-9-17-31)40-30(39)33-29(38)26-11-6-5-10-25(26)28(37)32(33,41-33)20-24(21-36)22(2)12-13-23-14-18-35-27(34)19-23/h23,25-27,35-36H,3-21,34H2,1-2H3. The summed E-state index contributed by atoms with van der Waals surface area (Å²) in [6.45, 7) is 4.82. The predicted molar refractivity (Wildman–Crippen MR) is 156 cm³/mol. The van der Waals surface area contributed by atoms with Crippen molar-refractivity contribution in [3.63, 3.8) is 0 Å². The molecule has 0 aromatic carbocycles. The fourth-order valence-corrected chi connectivity index (χ4v) is 8.51. The van der Waals surface area contributed by atoms with Gasteiger partial charge in [0.2, 0.25) is 0 Å². The molecule has 6 unspecified atom stereocenters. The Morgan fingerprint density at radius 3 is 2.44 bits per heavy atom. The number of epoxide rings is 1. The van der Waals surface area contributed by atoms with E-state index in [-0.39, 0.29) is 30.8 Å². The molecule has 0 amide bonds. The van der Waals surface area contributed by atoms with Crippen LogP contribution in [-0.2, 0) is 23.9 Å². The quantitative estimate of drug-likeness (QED) is 0.101. The lowest BCUT2D eigenvalue weighted by atomic mass is 9.60. The third kappa shape index (κ3) is 5.71. The summed E-state index contributed by atoms with van der Waals surface area (Å²) in [5.41, 5.74) is 3.80. The Hall–Kier alpha value is -1.61. The lowest BCUT2D eigenvalue weighted by Gasteiger charge is -2.38. The molecule has 41 heavy (non-hydrogen) atoms. The molecule has 0 aromatic rings. The first-order valence-electron chi connectivity index (χ1n) is 16.5.